The molecule has 3 nitrogen and oxygen atoms in total. The summed E-state index contributed by atoms with van der Waals surface area (Å²) in [5, 5.41) is 17.5. The van der Waals surface area contributed by atoms with Gasteiger partial charge in [0.1, 0.15) is 0 Å². The highest BCUT2D eigenvalue weighted by Gasteiger charge is 2.12. The molecule has 1 aromatic carbocycles. The van der Waals surface area contributed by atoms with E-state index in [1.807, 2.05) is 0 Å². The Balaban J connectivity index is 0.00000121. The summed E-state index contributed by atoms with van der Waals surface area (Å²) < 4.78 is 0. The van der Waals surface area contributed by atoms with Crippen molar-refractivity contribution in [2.45, 2.75) is 0 Å². The average Bonchev–Trinajstić information content (AvgIpc) is 1.99. The van der Waals surface area contributed by atoms with Gasteiger partial charge in [-0.1, -0.05) is 23.2 Å². The Kier molecular flexibility index (Phi) is 4.11. The molecule has 0 radical (unpaired) electrons. The zero-order chi connectivity index (χ0) is 8.43. The normalized spacial score (nSPS) is 8.42. The zero-order valence-corrected chi connectivity index (χ0v) is 7.90. The van der Waals surface area contributed by atoms with Crippen molar-refractivity contribution in [3.05, 3.63) is 27.2 Å². The van der Waals surface area contributed by atoms with Crippen molar-refractivity contribution in [3.63, 3.8) is 0 Å². The highest BCUT2D eigenvalue weighted by molar-refractivity contribution is 6.37. The van der Waals surface area contributed by atoms with Gasteiger partial charge in [-0.15, -0.1) is 0 Å². The standard InChI is InChI=1S/C6H2Cl2N2O.ClH/c7-4-1-3(10-9)2-5(8)6(4)11;/h1-2H;1H. The van der Waals surface area contributed by atoms with E-state index in [0.29, 0.717) is 0 Å². The van der Waals surface area contributed by atoms with Crippen LogP contribution in [0.1, 0.15) is 0 Å². The fraction of sp³-hybridized carbons (Fsp3) is 0. The molecule has 1 rings (SSSR count). The van der Waals surface area contributed by atoms with E-state index in [1.54, 1.807) is 0 Å². The molecule has 1 N–H and O–H groups in total. The molecule has 1 aromatic rings. The van der Waals surface area contributed by atoms with E-state index in [4.69, 9.17) is 33.7 Å². The maximum atomic E-state index is 9.04. The lowest BCUT2D eigenvalue weighted by atomic mass is 10.3. The second-order valence-corrected chi connectivity index (χ2v) is 2.67. The largest absolute Gasteiger partial charge is 1.00 e. The maximum Gasteiger partial charge on any atom is 0.388 e. The molecule has 64 valence electrons. The lowest BCUT2D eigenvalue weighted by molar-refractivity contribution is -0.00000325. The van der Waals surface area contributed by atoms with Gasteiger partial charge in [0.25, 0.3) is 0 Å². The summed E-state index contributed by atoms with van der Waals surface area (Å²) in [7, 11) is 0. The van der Waals surface area contributed by atoms with Crippen molar-refractivity contribution in [3.8, 4) is 5.75 Å². The molecule has 0 spiro atoms. The monoisotopic (exact) mass is 224 g/mol. The molecular weight excluding hydrogens is 222 g/mol. The lowest BCUT2D eigenvalue weighted by Gasteiger charge is -1.94. The minimum atomic E-state index is -0.208. The Morgan fingerprint density at radius 2 is 1.67 bits per heavy atom. The number of benzene rings is 1. The van der Waals surface area contributed by atoms with E-state index in [1.165, 1.54) is 12.1 Å². The number of nitrogens with zero attached hydrogens (tertiary/aromatic N) is 2. The molecule has 0 saturated carbocycles. The van der Waals surface area contributed by atoms with Crippen LogP contribution in [-0.4, -0.2) is 5.11 Å². The number of phenolic OH excluding ortho intramolecular Hbond substituents is 1. The number of hydrogen-bond acceptors (Lipinski definition) is 2. The summed E-state index contributed by atoms with van der Waals surface area (Å²) in [5.41, 5.74) is 0.206. The van der Waals surface area contributed by atoms with Gasteiger partial charge in [-0.3, -0.25) is 0 Å². The molecule has 0 aliphatic carbocycles. The summed E-state index contributed by atoms with van der Waals surface area (Å²) >= 11 is 11.0. The smallest absolute Gasteiger partial charge is 0.388 e. The molecule has 0 aliphatic rings. The summed E-state index contributed by atoms with van der Waals surface area (Å²) in [6, 6.07) is 2.59. The number of phenols is 1. The fourth-order valence-electron chi connectivity index (χ4n) is 0.610. The molecule has 0 atom stereocenters. The van der Waals surface area contributed by atoms with Crippen LogP contribution >= 0.6 is 23.2 Å². The van der Waals surface area contributed by atoms with Crippen molar-refractivity contribution in [1.29, 1.82) is 5.39 Å². The van der Waals surface area contributed by atoms with Crippen LogP contribution in [0.2, 0.25) is 10.0 Å². The van der Waals surface area contributed by atoms with Gasteiger partial charge in [-0.25, -0.2) is 0 Å². The minimum absolute atomic E-state index is 0. The third kappa shape index (κ3) is 2.15. The van der Waals surface area contributed by atoms with Crippen LogP contribution in [0, 0.1) is 5.39 Å². The highest BCUT2D eigenvalue weighted by atomic mass is 35.5. The number of diazo groups is 1. The average molecular weight is 225 g/mol. The third-order valence-corrected chi connectivity index (χ3v) is 1.69. The first kappa shape index (κ1) is 11.3. The zero-order valence-electron chi connectivity index (χ0n) is 5.63. The number of rotatable bonds is 0. The van der Waals surface area contributed by atoms with Gasteiger partial charge in [0.05, 0.1) is 22.2 Å². The van der Waals surface area contributed by atoms with Crippen LogP contribution in [0.4, 0.5) is 5.69 Å². The first-order chi connectivity index (χ1) is 5.15. The molecule has 0 bridgehead atoms. The lowest BCUT2D eigenvalue weighted by Crippen LogP contribution is -3.00. The van der Waals surface area contributed by atoms with Crippen molar-refractivity contribution in [2.24, 2.45) is 0 Å². The number of hydrogen-bond donors (Lipinski definition) is 1. The van der Waals surface area contributed by atoms with Crippen molar-refractivity contribution in [2.75, 3.05) is 0 Å². The van der Waals surface area contributed by atoms with Crippen molar-refractivity contribution < 1.29 is 17.5 Å². The molecule has 0 saturated heterocycles. The molecule has 0 unspecified atom stereocenters. The van der Waals surface area contributed by atoms with Crippen LogP contribution in [0.15, 0.2) is 12.1 Å². The quantitative estimate of drug-likeness (QED) is 0.641. The summed E-state index contributed by atoms with van der Waals surface area (Å²) in [6.45, 7) is 0. The second-order valence-electron chi connectivity index (χ2n) is 1.86. The van der Waals surface area contributed by atoms with Gasteiger partial charge in [-0.2, -0.15) is 0 Å². The fourth-order valence-corrected chi connectivity index (χ4v) is 1.09. The van der Waals surface area contributed by atoms with Gasteiger partial charge in [0.15, 0.2) is 10.7 Å². The van der Waals surface area contributed by atoms with Gasteiger partial charge < -0.3 is 17.5 Å². The van der Waals surface area contributed by atoms with E-state index in [-0.39, 0.29) is 33.9 Å². The predicted octanol–water partition coefficient (Wildman–Crippen LogP) is 0.188. The molecular formula is C6H3Cl3N2O. The van der Waals surface area contributed by atoms with Crippen molar-refractivity contribution in [1.82, 2.24) is 0 Å². The van der Waals surface area contributed by atoms with E-state index < -0.39 is 0 Å². The molecule has 12 heavy (non-hydrogen) atoms. The van der Waals surface area contributed by atoms with Crippen LogP contribution in [0.5, 0.6) is 5.75 Å². The second kappa shape index (κ2) is 4.36. The summed E-state index contributed by atoms with van der Waals surface area (Å²) in [5.74, 6) is -0.208. The van der Waals surface area contributed by atoms with Gasteiger partial charge >= 0.3 is 5.69 Å². The Labute approximate surface area is 84.9 Å². The predicted molar refractivity (Wildman–Crippen MR) is 42.9 cm³/mol. The molecule has 0 aliphatic heterocycles. The Morgan fingerprint density at radius 3 is 2.00 bits per heavy atom. The first-order valence-corrected chi connectivity index (χ1v) is 3.44. The maximum absolute atomic E-state index is 9.04. The van der Waals surface area contributed by atoms with Crippen LogP contribution in [-0.2, 0) is 0 Å². The molecule has 6 heteroatoms. The summed E-state index contributed by atoms with van der Waals surface area (Å²) in [6.07, 6.45) is 0. The van der Waals surface area contributed by atoms with E-state index >= 15 is 0 Å². The van der Waals surface area contributed by atoms with Gasteiger partial charge in [0, 0.05) is 0 Å². The van der Waals surface area contributed by atoms with Crippen molar-refractivity contribution >= 4 is 28.9 Å². The minimum Gasteiger partial charge on any atom is -1.00 e. The van der Waals surface area contributed by atoms with Crippen LogP contribution in [0.3, 0.4) is 0 Å². The highest BCUT2D eigenvalue weighted by Crippen LogP contribution is 2.35. The van der Waals surface area contributed by atoms with E-state index in [9.17, 15) is 0 Å². The Hall–Kier alpha value is -0.690. The Morgan fingerprint density at radius 1 is 1.25 bits per heavy atom. The van der Waals surface area contributed by atoms with Crippen LogP contribution in [0.25, 0.3) is 4.98 Å². The van der Waals surface area contributed by atoms with Gasteiger partial charge in [-0.05, 0) is 0 Å². The SMILES string of the molecule is N#[N+]c1cc(Cl)c(O)c(Cl)c1.[Cl-]. The summed E-state index contributed by atoms with van der Waals surface area (Å²) in [4.78, 5) is 2.85. The Bertz CT molecular complexity index is 311. The van der Waals surface area contributed by atoms with E-state index in [0.717, 1.165) is 0 Å². The van der Waals surface area contributed by atoms with E-state index in [2.05, 4.69) is 4.98 Å². The third-order valence-electron chi connectivity index (χ3n) is 1.12. The molecule has 0 aromatic heterocycles. The van der Waals surface area contributed by atoms with Gasteiger partial charge in [0.2, 0.25) is 5.39 Å². The molecule has 0 amide bonds. The first-order valence-electron chi connectivity index (χ1n) is 2.68. The molecule has 0 heterocycles. The topological polar surface area (TPSA) is 48.4 Å². The number of aromatic hydroxyl groups is 1. The number of halogens is 3. The molecule has 0 fully saturated rings. The van der Waals surface area contributed by atoms with Crippen LogP contribution < -0.4 is 12.4 Å².